The van der Waals surface area contributed by atoms with Crippen molar-refractivity contribution in [2.24, 2.45) is 0 Å². The number of carbonyl (C=O) groups excluding carboxylic acids is 1. The summed E-state index contributed by atoms with van der Waals surface area (Å²) in [6, 6.07) is 10.0. The standard InChI is InChI=1S/C18H28N2O3/c1-2-18(23)20-16-11-19-15(10-17(16)22)9-8-14(12-21)13-6-4-3-5-7-13/h3-7,14-17,19,21-22H,2,8-12H2,1H3,(H,20,23)/t14?,15-,16-,17+/m0/s1. The normalized spacial score (nSPS) is 25.8. The van der Waals surface area contributed by atoms with Gasteiger partial charge in [0.2, 0.25) is 5.91 Å². The van der Waals surface area contributed by atoms with E-state index in [1.165, 1.54) is 0 Å². The number of aliphatic hydroxyl groups excluding tert-OH is 2. The van der Waals surface area contributed by atoms with Gasteiger partial charge in [0.05, 0.1) is 12.1 Å². The molecule has 1 aliphatic heterocycles. The molecule has 1 aliphatic rings. The summed E-state index contributed by atoms with van der Waals surface area (Å²) in [7, 11) is 0. The Labute approximate surface area is 138 Å². The van der Waals surface area contributed by atoms with E-state index in [0.717, 1.165) is 18.4 Å². The van der Waals surface area contributed by atoms with Crippen LogP contribution in [0.5, 0.6) is 0 Å². The molecule has 0 aliphatic carbocycles. The average molecular weight is 320 g/mol. The maximum Gasteiger partial charge on any atom is 0.220 e. The number of carbonyl (C=O) groups is 1. The zero-order valence-corrected chi connectivity index (χ0v) is 13.7. The molecule has 128 valence electrons. The summed E-state index contributed by atoms with van der Waals surface area (Å²) >= 11 is 0. The molecule has 1 aromatic rings. The third-order valence-corrected chi connectivity index (χ3v) is 4.64. The molecule has 4 atom stereocenters. The van der Waals surface area contributed by atoms with Crippen LogP contribution >= 0.6 is 0 Å². The lowest BCUT2D eigenvalue weighted by atomic mass is 9.89. The van der Waals surface area contributed by atoms with Gasteiger partial charge in [-0.05, 0) is 24.8 Å². The van der Waals surface area contributed by atoms with Gasteiger partial charge < -0.3 is 20.8 Å². The predicted molar refractivity (Wildman–Crippen MR) is 90.1 cm³/mol. The van der Waals surface area contributed by atoms with Gasteiger partial charge in [0.1, 0.15) is 0 Å². The summed E-state index contributed by atoms with van der Waals surface area (Å²) in [5, 5.41) is 26.1. The van der Waals surface area contributed by atoms with E-state index in [1.54, 1.807) is 6.92 Å². The fourth-order valence-corrected chi connectivity index (χ4v) is 3.14. The second kappa shape index (κ2) is 9.01. The largest absolute Gasteiger partial charge is 0.396 e. The van der Waals surface area contributed by atoms with Crippen molar-refractivity contribution in [1.82, 2.24) is 10.6 Å². The second-order valence-corrected chi connectivity index (χ2v) is 6.30. The third kappa shape index (κ3) is 5.30. The van der Waals surface area contributed by atoms with Crippen molar-refractivity contribution in [1.29, 1.82) is 0 Å². The van der Waals surface area contributed by atoms with Crippen molar-refractivity contribution in [3.63, 3.8) is 0 Å². The van der Waals surface area contributed by atoms with Crippen LogP contribution in [0.15, 0.2) is 30.3 Å². The lowest BCUT2D eigenvalue weighted by Crippen LogP contribution is -2.57. The molecule has 1 aromatic carbocycles. The maximum atomic E-state index is 11.4. The number of hydrogen-bond donors (Lipinski definition) is 4. The van der Waals surface area contributed by atoms with Gasteiger partial charge in [-0.1, -0.05) is 37.3 Å². The average Bonchev–Trinajstić information content (AvgIpc) is 2.58. The first-order chi connectivity index (χ1) is 11.1. The van der Waals surface area contributed by atoms with Crippen LogP contribution in [0.1, 0.15) is 44.1 Å². The molecule has 0 saturated carbocycles. The van der Waals surface area contributed by atoms with Gasteiger partial charge in [0.25, 0.3) is 0 Å². The number of aliphatic hydroxyl groups is 2. The van der Waals surface area contributed by atoms with Gasteiger partial charge in [-0.2, -0.15) is 0 Å². The molecule has 4 N–H and O–H groups in total. The smallest absolute Gasteiger partial charge is 0.220 e. The quantitative estimate of drug-likeness (QED) is 0.608. The molecule has 2 rings (SSSR count). The van der Waals surface area contributed by atoms with Gasteiger partial charge >= 0.3 is 0 Å². The monoisotopic (exact) mass is 320 g/mol. The van der Waals surface area contributed by atoms with E-state index < -0.39 is 6.10 Å². The Kier molecular flexibility index (Phi) is 7.02. The Morgan fingerprint density at radius 3 is 2.74 bits per heavy atom. The Morgan fingerprint density at radius 2 is 2.13 bits per heavy atom. The van der Waals surface area contributed by atoms with Crippen LogP contribution < -0.4 is 10.6 Å². The van der Waals surface area contributed by atoms with Gasteiger partial charge in [-0.25, -0.2) is 0 Å². The van der Waals surface area contributed by atoms with Crippen molar-refractivity contribution in [2.75, 3.05) is 13.2 Å². The molecule has 5 heteroatoms. The first-order valence-electron chi connectivity index (χ1n) is 8.50. The molecule has 0 bridgehead atoms. The van der Waals surface area contributed by atoms with Crippen molar-refractivity contribution in [3.8, 4) is 0 Å². The van der Waals surface area contributed by atoms with E-state index in [1.807, 2.05) is 30.3 Å². The fourth-order valence-electron chi connectivity index (χ4n) is 3.14. The SMILES string of the molecule is CCC(=O)N[C@H]1CN[C@@H](CCC(CO)c2ccccc2)C[C@H]1O. The zero-order chi connectivity index (χ0) is 16.7. The molecule has 1 fully saturated rings. The molecule has 0 spiro atoms. The molecule has 1 heterocycles. The van der Waals surface area contributed by atoms with Crippen molar-refractivity contribution < 1.29 is 15.0 Å². The highest BCUT2D eigenvalue weighted by atomic mass is 16.3. The number of nitrogens with one attached hydrogen (secondary N) is 2. The van der Waals surface area contributed by atoms with Crippen LogP contribution in [0, 0.1) is 0 Å². The molecule has 1 unspecified atom stereocenters. The van der Waals surface area contributed by atoms with E-state index in [2.05, 4.69) is 10.6 Å². The summed E-state index contributed by atoms with van der Waals surface area (Å²) in [5.74, 6) is 0.103. The van der Waals surface area contributed by atoms with Crippen molar-refractivity contribution in [2.45, 2.75) is 56.7 Å². The summed E-state index contributed by atoms with van der Waals surface area (Å²) in [4.78, 5) is 11.4. The van der Waals surface area contributed by atoms with Gasteiger partial charge in [-0.15, -0.1) is 0 Å². The predicted octanol–water partition coefficient (Wildman–Crippen LogP) is 1.16. The second-order valence-electron chi connectivity index (χ2n) is 6.30. The minimum atomic E-state index is -0.513. The molecule has 0 aromatic heterocycles. The lowest BCUT2D eigenvalue weighted by molar-refractivity contribution is -0.122. The van der Waals surface area contributed by atoms with Crippen molar-refractivity contribution in [3.05, 3.63) is 35.9 Å². The first-order valence-corrected chi connectivity index (χ1v) is 8.50. The minimum absolute atomic E-state index is 0.0290. The number of rotatable bonds is 7. The van der Waals surface area contributed by atoms with Gasteiger partial charge in [-0.3, -0.25) is 4.79 Å². The van der Waals surface area contributed by atoms with E-state index in [4.69, 9.17) is 0 Å². The first kappa shape index (κ1) is 17.9. The Hall–Kier alpha value is -1.43. The summed E-state index contributed by atoms with van der Waals surface area (Å²) in [5.41, 5.74) is 1.15. The van der Waals surface area contributed by atoms with E-state index in [-0.39, 0.29) is 30.5 Å². The third-order valence-electron chi connectivity index (χ3n) is 4.64. The van der Waals surface area contributed by atoms with Gasteiger partial charge in [0, 0.05) is 31.5 Å². The van der Waals surface area contributed by atoms with E-state index in [0.29, 0.717) is 19.4 Å². The maximum absolute atomic E-state index is 11.4. The minimum Gasteiger partial charge on any atom is -0.396 e. The molecular formula is C18H28N2O3. The molecule has 1 amide bonds. The summed E-state index contributed by atoms with van der Waals surface area (Å²) in [6.45, 7) is 2.53. The Bertz CT molecular complexity index is 480. The van der Waals surface area contributed by atoms with Crippen LogP contribution in [0.25, 0.3) is 0 Å². The summed E-state index contributed by atoms with van der Waals surface area (Å²) in [6.07, 6.45) is 2.31. The highest BCUT2D eigenvalue weighted by molar-refractivity contribution is 5.75. The lowest BCUT2D eigenvalue weighted by Gasteiger charge is -2.35. The fraction of sp³-hybridized carbons (Fsp3) is 0.611. The van der Waals surface area contributed by atoms with E-state index in [9.17, 15) is 15.0 Å². The van der Waals surface area contributed by atoms with Crippen LogP contribution in [-0.4, -0.2) is 47.5 Å². The highest BCUT2D eigenvalue weighted by Gasteiger charge is 2.29. The number of hydrogen-bond acceptors (Lipinski definition) is 4. The topological polar surface area (TPSA) is 81.6 Å². The molecule has 5 nitrogen and oxygen atoms in total. The van der Waals surface area contributed by atoms with Crippen LogP contribution in [-0.2, 0) is 4.79 Å². The Morgan fingerprint density at radius 1 is 1.39 bits per heavy atom. The van der Waals surface area contributed by atoms with Crippen LogP contribution in [0.2, 0.25) is 0 Å². The number of benzene rings is 1. The molecular weight excluding hydrogens is 292 g/mol. The van der Waals surface area contributed by atoms with Crippen LogP contribution in [0.3, 0.4) is 0 Å². The van der Waals surface area contributed by atoms with Crippen molar-refractivity contribution >= 4 is 5.91 Å². The molecule has 0 radical (unpaired) electrons. The highest BCUT2D eigenvalue weighted by Crippen LogP contribution is 2.23. The molecule has 23 heavy (non-hydrogen) atoms. The Balaban J connectivity index is 1.80. The molecule has 1 saturated heterocycles. The zero-order valence-electron chi connectivity index (χ0n) is 13.7. The van der Waals surface area contributed by atoms with E-state index >= 15 is 0 Å². The number of piperidine rings is 1. The van der Waals surface area contributed by atoms with Gasteiger partial charge in [0.15, 0.2) is 0 Å². The number of amides is 1. The summed E-state index contributed by atoms with van der Waals surface area (Å²) < 4.78 is 0. The van der Waals surface area contributed by atoms with Crippen LogP contribution in [0.4, 0.5) is 0 Å².